The van der Waals surface area contributed by atoms with E-state index in [0.29, 0.717) is 13.2 Å². The first kappa shape index (κ1) is 52.0. The fourth-order valence-electron chi connectivity index (χ4n) is 9.14. The standard InChI is InChI=1S/C62H66O11/c1-63-61-59(69-42-51-33-19-7-20-34-51)58(68-41-50-31-17-6-18-32-50)56(54(71-61)45-65-38-47-25-11-3-12-26-47)73-62-60(70-43-52-35-21-8-22-36-52)57(67-40-49-29-15-5-16-30-49)55(66-39-48-27-13-4-14-28-48)53(72-62)44-64-37-46-23-9-2-10-24-46/h2-36,53-62H,37-45H2,1H3/t53-,54-,55-,56-,57+,58+,59+,60-,61+,62+/m1/s1. The first-order valence-electron chi connectivity index (χ1n) is 25.2. The van der Waals surface area contributed by atoms with Gasteiger partial charge in [0.15, 0.2) is 12.6 Å². The molecule has 0 bridgehead atoms. The minimum atomic E-state index is -1.09. The van der Waals surface area contributed by atoms with Crippen LogP contribution in [-0.4, -0.2) is 81.7 Å². The van der Waals surface area contributed by atoms with Crippen LogP contribution in [0.4, 0.5) is 0 Å². The summed E-state index contributed by atoms with van der Waals surface area (Å²) in [5.74, 6) is 0. The summed E-state index contributed by atoms with van der Waals surface area (Å²) in [6.45, 7) is 2.27. The summed E-state index contributed by atoms with van der Waals surface area (Å²) < 4.78 is 75.9. The molecule has 0 aliphatic carbocycles. The van der Waals surface area contributed by atoms with Crippen molar-refractivity contribution >= 4 is 0 Å². The zero-order valence-electron chi connectivity index (χ0n) is 41.3. The number of ether oxygens (including phenoxy) is 11. The highest BCUT2D eigenvalue weighted by atomic mass is 16.8. The predicted octanol–water partition coefficient (Wildman–Crippen LogP) is 10.8. The van der Waals surface area contributed by atoms with Crippen LogP contribution in [0.25, 0.3) is 0 Å². The highest BCUT2D eigenvalue weighted by Gasteiger charge is 2.54. The van der Waals surface area contributed by atoms with Gasteiger partial charge in [-0.3, -0.25) is 0 Å². The number of hydrogen-bond acceptors (Lipinski definition) is 11. The lowest BCUT2D eigenvalue weighted by Gasteiger charge is -2.50. The highest BCUT2D eigenvalue weighted by molar-refractivity contribution is 5.19. The van der Waals surface area contributed by atoms with Crippen molar-refractivity contribution in [3.05, 3.63) is 251 Å². The zero-order chi connectivity index (χ0) is 49.7. The second kappa shape index (κ2) is 28.0. The maximum absolute atomic E-state index is 7.51. The van der Waals surface area contributed by atoms with Gasteiger partial charge in [-0.25, -0.2) is 0 Å². The van der Waals surface area contributed by atoms with Crippen LogP contribution in [0.3, 0.4) is 0 Å². The molecular weight excluding hydrogens is 921 g/mol. The lowest BCUT2D eigenvalue weighted by Crippen LogP contribution is -2.66. The second-order valence-electron chi connectivity index (χ2n) is 18.2. The van der Waals surface area contributed by atoms with Gasteiger partial charge in [-0.1, -0.05) is 212 Å². The maximum Gasteiger partial charge on any atom is 0.187 e. The predicted molar refractivity (Wildman–Crippen MR) is 276 cm³/mol. The van der Waals surface area contributed by atoms with Crippen molar-refractivity contribution in [2.24, 2.45) is 0 Å². The summed E-state index contributed by atoms with van der Waals surface area (Å²) >= 11 is 0. The summed E-state index contributed by atoms with van der Waals surface area (Å²) in [5.41, 5.74) is 6.95. The zero-order valence-corrected chi connectivity index (χ0v) is 41.3. The van der Waals surface area contributed by atoms with E-state index in [-0.39, 0.29) is 46.2 Å². The quantitative estimate of drug-likeness (QED) is 0.0518. The molecule has 2 saturated heterocycles. The number of hydrogen-bond donors (Lipinski definition) is 0. The van der Waals surface area contributed by atoms with E-state index in [1.807, 2.05) is 212 Å². The molecule has 0 unspecified atom stereocenters. The van der Waals surface area contributed by atoms with Gasteiger partial charge in [0.05, 0.1) is 59.5 Å². The molecule has 0 aromatic heterocycles. The molecule has 2 aliphatic rings. The molecule has 2 heterocycles. The van der Waals surface area contributed by atoms with Crippen LogP contribution in [0.15, 0.2) is 212 Å². The van der Waals surface area contributed by atoms with E-state index in [1.54, 1.807) is 7.11 Å². The summed E-state index contributed by atoms with van der Waals surface area (Å²) in [6.07, 6.45) is -8.10. The molecule has 0 amide bonds. The van der Waals surface area contributed by atoms with E-state index in [4.69, 9.17) is 52.1 Å². The SMILES string of the molecule is CO[C@H]1O[C@H](COCc2ccccc2)[C@@H](O[C@@H]2O[C@H](COCc3ccccc3)[C@@H](OCc3ccccc3)[C@H](OCc3ccccc3)[C@H]2OCc2ccccc2)[C@H](OCc2ccccc2)[C@@H]1OCc1ccccc1. The number of rotatable bonds is 26. The van der Waals surface area contributed by atoms with Crippen LogP contribution in [0, 0.1) is 0 Å². The van der Waals surface area contributed by atoms with Gasteiger partial charge < -0.3 is 52.1 Å². The van der Waals surface area contributed by atoms with Gasteiger partial charge in [0.1, 0.15) is 48.8 Å². The minimum Gasteiger partial charge on any atom is -0.374 e. The lowest BCUT2D eigenvalue weighted by molar-refractivity contribution is -0.376. The Morgan fingerprint density at radius 2 is 0.548 bits per heavy atom. The van der Waals surface area contributed by atoms with Crippen molar-refractivity contribution in [2.75, 3.05) is 20.3 Å². The van der Waals surface area contributed by atoms with Crippen molar-refractivity contribution in [2.45, 2.75) is 108 Å². The first-order chi connectivity index (χ1) is 36.2. The normalized spacial score (nSPS) is 24.0. The Morgan fingerprint density at radius 3 is 0.890 bits per heavy atom. The van der Waals surface area contributed by atoms with E-state index in [2.05, 4.69) is 0 Å². The van der Waals surface area contributed by atoms with Crippen molar-refractivity contribution in [1.82, 2.24) is 0 Å². The Labute approximate surface area is 429 Å². The van der Waals surface area contributed by atoms with Gasteiger partial charge in [-0.15, -0.1) is 0 Å². The fraction of sp³-hybridized carbons (Fsp3) is 0.323. The average Bonchev–Trinajstić information content (AvgIpc) is 3.45. The Balaban J connectivity index is 1.11. The Kier molecular flexibility index (Phi) is 19.9. The molecule has 0 N–H and O–H groups in total. The molecule has 7 aromatic rings. The van der Waals surface area contributed by atoms with Crippen LogP contribution in [-0.2, 0) is 98.4 Å². The van der Waals surface area contributed by atoms with Crippen molar-refractivity contribution in [3.8, 4) is 0 Å². The molecule has 2 aliphatic heterocycles. The number of methoxy groups -OCH3 is 1. The molecule has 73 heavy (non-hydrogen) atoms. The van der Waals surface area contributed by atoms with Crippen LogP contribution in [0.1, 0.15) is 38.9 Å². The van der Waals surface area contributed by atoms with Crippen LogP contribution >= 0.6 is 0 Å². The van der Waals surface area contributed by atoms with E-state index in [0.717, 1.165) is 38.9 Å². The fourth-order valence-corrected chi connectivity index (χ4v) is 9.14. The van der Waals surface area contributed by atoms with E-state index >= 15 is 0 Å². The summed E-state index contributed by atoms with van der Waals surface area (Å²) in [7, 11) is 1.61. The smallest absolute Gasteiger partial charge is 0.187 e. The highest BCUT2D eigenvalue weighted by Crippen LogP contribution is 2.37. The molecule has 0 spiro atoms. The monoisotopic (exact) mass is 986 g/mol. The van der Waals surface area contributed by atoms with Crippen molar-refractivity contribution in [1.29, 1.82) is 0 Å². The molecule has 10 atom stereocenters. The van der Waals surface area contributed by atoms with E-state index in [9.17, 15) is 0 Å². The van der Waals surface area contributed by atoms with Gasteiger partial charge in [-0.2, -0.15) is 0 Å². The topological polar surface area (TPSA) is 102 Å². The van der Waals surface area contributed by atoms with Crippen molar-refractivity contribution < 1.29 is 52.1 Å². The molecule has 11 nitrogen and oxygen atoms in total. The third-order valence-electron chi connectivity index (χ3n) is 12.9. The summed E-state index contributed by atoms with van der Waals surface area (Å²) in [6, 6.07) is 70.4. The second-order valence-corrected chi connectivity index (χ2v) is 18.2. The summed E-state index contributed by atoms with van der Waals surface area (Å²) in [4.78, 5) is 0. The third kappa shape index (κ3) is 15.3. The molecule has 380 valence electrons. The van der Waals surface area contributed by atoms with Crippen LogP contribution in [0.2, 0.25) is 0 Å². The van der Waals surface area contributed by atoms with Gasteiger partial charge in [0.25, 0.3) is 0 Å². The molecule has 0 saturated carbocycles. The van der Waals surface area contributed by atoms with Gasteiger partial charge >= 0.3 is 0 Å². The molecule has 9 rings (SSSR count). The first-order valence-corrected chi connectivity index (χ1v) is 25.2. The Hall–Kier alpha value is -5.90. The average molecular weight is 987 g/mol. The van der Waals surface area contributed by atoms with Crippen molar-refractivity contribution in [3.63, 3.8) is 0 Å². The van der Waals surface area contributed by atoms with Gasteiger partial charge in [0.2, 0.25) is 0 Å². The van der Waals surface area contributed by atoms with Crippen LogP contribution in [0.5, 0.6) is 0 Å². The minimum absolute atomic E-state index is 0.124. The molecule has 0 radical (unpaired) electrons. The van der Waals surface area contributed by atoms with E-state index < -0.39 is 61.4 Å². The lowest BCUT2D eigenvalue weighted by atomic mass is 9.95. The molecule has 2 fully saturated rings. The molecule has 11 heteroatoms. The number of benzene rings is 7. The van der Waals surface area contributed by atoms with Crippen LogP contribution < -0.4 is 0 Å². The summed E-state index contributed by atoms with van der Waals surface area (Å²) in [5, 5.41) is 0. The Morgan fingerprint density at radius 1 is 0.288 bits per heavy atom. The van der Waals surface area contributed by atoms with E-state index in [1.165, 1.54) is 0 Å². The molecular formula is C62H66O11. The van der Waals surface area contributed by atoms with Gasteiger partial charge in [0, 0.05) is 7.11 Å². The molecule has 7 aromatic carbocycles. The Bertz CT molecular complexity index is 2560. The van der Waals surface area contributed by atoms with Gasteiger partial charge in [-0.05, 0) is 38.9 Å². The largest absolute Gasteiger partial charge is 0.374 e. The maximum atomic E-state index is 7.51. The third-order valence-corrected chi connectivity index (χ3v) is 12.9.